The molecule has 1 N–H and O–H groups in total. The lowest BCUT2D eigenvalue weighted by Gasteiger charge is -2.27. The van der Waals surface area contributed by atoms with E-state index in [9.17, 15) is 14.7 Å². The molecule has 2 aromatic rings. The van der Waals surface area contributed by atoms with E-state index in [4.69, 9.17) is 11.6 Å². The van der Waals surface area contributed by atoms with E-state index in [0.29, 0.717) is 23.7 Å². The number of rotatable bonds is 6. The van der Waals surface area contributed by atoms with Gasteiger partial charge < -0.3 is 10.0 Å². The van der Waals surface area contributed by atoms with Crippen molar-refractivity contribution in [3.05, 3.63) is 59.1 Å². The van der Waals surface area contributed by atoms with E-state index >= 15 is 0 Å². The number of nitrogens with zero attached hydrogens (tertiary/aromatic N) is 1. The Morgan fingerprint density at radius 3 is 2.15 bits per heavy atom. The Balaban J connectivity index is 2.34. The van der Waals surface area contributed by atoms with Crippen LogP contribution in [0.4, 0.5) is 4.79 Å². The summed E-state index contributed by atoms with van der Waals surface area (Å²) < 4.78 is -1.36. The van der Waals surface area contributed by atoms with Crippen LogP contribution in [-0.2, 0) is 9.54 Å². The molecule has 0 saturated heterocycles. The molecule has 0 heterocycles. The minimum Gasteiger partial charge on any atom is -0.480 e. The first-order valence-electron chi connectivity index (χ1n) is 8.40. The molecular weight excluding hydrogens is 370 g/mol. The lowest BCUT2D eigenvalue weighted by atomic mass is 9.97. The number of halogens is 1. The predicted molar refractivity (Wildman–Crippen MR) is 108 cm³/mol. The molecule has 2 rings (SSSR count). The lowest BCUT2D eigenvalue weighted by Crippen LogP contribution is -2.35. The second-order valence-electron chi connectivity index (χ2n) is 5.94. The summed E-state index contributed by atoms with van der Waals surface area (Å²) in [5, 5.41) is 10.2. The second-order valence-corrected chi connectivity index (χ2v) is 7.71. The maximum absolute atomic E-state index is 12.4. The SMILES string of the molecule is CCN(CC)C(=O)SC(C)(C(=O)O)c1ccc(-c2ccccc2Cl)cc1. The van der Waals surface area contributed by atoms with Gasteiger partial charge in [0.2, 0.25) is 0 Å². The molecule has 0 aliphatic heterocycles. The van der Waals surface area contributed by atoms with Gasteiger partial charge in [-0.05, 0) is 49.7 Å². The van der Waals surface area contributed by atoms with Crippen molar-refractivity contribution in [1.82, 2.24) is 4.90 Å². The maximum Gasteiger partial charge on any atom is 0.324 e. The molecular formula is C20H22ClNO3S. The fraction of sp³-hybridized carbons (Fsp3) is 0.300. The highest BCUT2D eigenvalue weighted by Crippen LogP contribution is 2.39. The predicted octanol–water partition coefficient (Wildman–Crippen LogP) is 5.50. The highest BCUT2D eigenvalue weighted by molar-refractivity contribution is 8.14. The number of amides is 1. The van der Waals surface area contributed by atoms with E-state index in [2.05, 4.69) is 0 Å². The zero-order valence-corrected chi connectivity index (χ0v) is 16.6. The highest BCUT2D eigenvalue weighted by atomic mass is 35.5. The van der Waals surface area contributed by atoms with Gasteiger partial charge in [-0.1, -0.05) is 54.1 Å². The van der Waals surface area contributed by atoms with Crippen LogP contribution in [0.5, 0.6) is 0 Å². The second kappa shape index (κ2) is 8.60. The smallest absolute Gasteiger partial charge is 0.324 e. The van der Waals surface area contributed by atoms with Crippen molar-refractivity contribution in [3.8, 4) is 11.1 Å². The number of thioether (sulfide) groups is 1. The quantitative estimate of drug-likeness (QED) is 0.706. The van der Waals surface area contributed by atoms with Gasteiger partial charge in [-0.15, -0.1) is 0 Å². The van der Waals surface area contributed by atoms with Gasteiger partial charge >= 0.3 is 5.97 Å². The molecule has 0 aromatic heterocycles. The van der Waals surface area contributed by atoms with Crippen molar-refractivity contribution in [3.63, 3.8) is 0 Å². The third-order valence-corrected chi connectivity index (χ3v) is 5.92. The summed E-state index contributed by atoms with van der Waals surface area (Å²) in [7, 11) is 0. The summed E-state index contributed by atoms with van der Waals surface area (Å²) in [6, 6.07) is 14.6. The zero-order chi connectivity index (χ0) is 19.3. The Labute approximate surface area is 163 Å². The Bertz CT molecular complexity index is 790. The minimum absolute atomic E-state index is 0.241. The molecule has 0 saturated carbocycles. The van der Waals surface area contributed by atoms with Gasteiger partial charge in [-0.2, -0.15) is 0 Å². The van der Waals surface area contributed by atoms with E-state index in [1.54, 1.807) is 24.0 Å². The fourth-order valence-corrected chi connectivity index (χ4v) is 3.93. The van der Waals surface area contributed by atoms with Crippen LogP contribution < -0.4 is 0 Å². The summed E-state index contributed by atoms with van der Waals surface area (Å²) in [6.07, 6.45) is 0. The number of hydrogen-bond acceptors (Lipinski definition) is 3. The molecule has 138 valence electrons. The van der Waals surface area contributed by atoms with Crippen LogP contribution in [0.2, 0.25) is 5.02 Å². The summed E-state index contributed by atoms with van der Waals surface area (Å²) in [5.74, 6) is -1.05. The Morgan fingerprint density at radius 1 is 1.08 bits per heavy atom. The summed E-state index contributed by atoms with van der Waals surface area (Å²) in [5.41, 5.74) is 2.34. The summed E-state index contributed by atoms with van der Waals surface area (Å²) in [6.45, 7) is 6.40. The van der Waals surface area contributed by atoms with Crippen molar-refractivity contribution in [2.45, 2.75) is 25.5 Å². The average molecular weight is 392 g/mol. The Hall–Kier alpha value is -1.98. The van der Waals surface area contributed by atoms with E-state index in [1.165, 1.54) is 0 Å². The largest absolute Gasteiger partial charge is 0.480 e. The standard InChI is InChI=1S/C20H22ClNO3S/c1-4-22(5-2)19(25)26-20(3,18(23)24)15-12-10-14(11-13-15)16-8-6-7-9-17(16)21/h6-13H,4-5H2,1-3H3,(H,23,24). The van der Waals surface area contributed by atoms with Gasteiger partial charge in [0.1, 0.15) is 4.75 Å². The van der Waals surface area contributed by atoms with E-state index in [-0.39, 0.29) is 5.24 Å². The van der Waals surface area contributed by atoms with Crippen LogP contribution >= 0.6 is 23.4 Å². The third kappa shape index (κ3) is 4.22. The highest BCUT2D eigenvalue weighted by Gasteiger charge is 2.39. The Morgan fingerprint density at radius 2 is 1.65 bits per heavy atom. The average Bonchev–Trinajstić information content (AvgIpc) is 2.63. The van der Waals surface area contributed by atoms with Gasteiger partial charge in [0, 0.05) is 23.7 Å². The van der Waals surface area contributed by atoms with Crippen LogP contribution in [0.3, 0.4) is 0 Å². The topological polar surface area (TPSA) is 57.6 Å². The minimum atomic E-state index is -1.36. The number of carboxylic acids is 1. The molecule has 0 fully saturated rings. The first-order chi connectivity index (χ1) is 12.3. The van der Waals surface area contributed by atoms with Crippen molar-refractivity contribution < 1.29 is 14.7 Å². The molecule has 4 nitrogen and oxygen atoms in total. The monoisotopic (exact) mass is 391 g/mol. The molecule has 0 bridgehead atoms. The van der Waals surface area contributed by atoms with Gasteiger partial charge in [-0.25, -0.2) is 0 Å². The van der Waals surface area contributed by atoms with E-state index < -0.39 is 10.7 Å². The number of aliphatic carboxylic acids is 1. The molecule has 1 amide bonds. The first-order valence-corrected chi connectivity index (χ1v) is 9.59. The van der Waals surface area contributed by atoms with Gasteiger partial charge in [0.05, 0.1) is 0 Å². The van der Waals surface area contributed by atoms with E-state index in [1.807, 2.05) is 50.2 Å². The molecule has 0 radical (unpaired) electrons. The number of carbonyl (C=O) groups is 2. The van der Waals surface area contributed by atoms with Crippen LogP contribution in [0.25, 0.3) is 11.1 Å². The molecule has 2 aromatic carbocycles. The number of benzene rings is 2. The normalized spacial score (nSPS) is 13.1. The number of carboxylic acid groups (broad SMARTS) is 1. The van der Waals surface area contributed by atoms with Gasteiger partial charge in [0.15, 0.2) is 0 Å². The van der Waals surface area contributed by atoms with Crippen molar-refractivity contribution in [2.24, 2.45) is 0 Å². The van der Waals surface area contributed by atoms with Crippen LogP contribution in [-0.4, -0.2) is 34.3 Å². The van der Waals surface area contributed by atoms with Crippen LogP contribution in [0, 0.1) is 0 Å². The molecule has 26 heavy (non-hydrogen) atoms. The van der Waals surface area contributed by atoms with Gasteiger partial charge in [-0.3, -0.25) is 9.59 Å². The lowest BCUT2D eigenvalue weighted by molar-refractivity contribution is -0.139. The summed E-state index contributed by atoms with van der Waals surface area (Å²) >= 11 is 7.06. The molecule has 1 unspecified atom stereocenters. The number of hydrogen-bond donors (Lipinski definition) is 1. The van der Waals surface area contributed by atoms with Crippen LogP contribution in [0.15, 0.2) is 48.5 Å². The molecule has 0 spiro atoms. The van der Waals surface area contributed by atoms with Gasteiger partial charge in [0.25, 0.3) is 5.24 Å². The van der Waals surface area contributed by atoms with Crippen molar-refractivity contribution >= 4 is 34.6 Å². The van der Waals surface area contributed by atoms with E-state index in [0.717, 1.165) is 22.9 Å². The van der Waals surface area contributed by atoms with Crippen molar-refractivity contribution in [2.75, 3.05) is 13.1 Å². The summed E-state index contributed by atoms with van der Waals surface area (Å²) in [4.78, 5) is 26.0. The zero-order valence-electron chi connectivity index (χ0n) is 15.0. The first kappa shape index (κ1) is 20.3. The molecule has 0 aliphatic rings. The van der Waals surface area contributed by atoms with Crippen LogP contribution in [0.1, 0.15) is 26.3 Å². The maximum atomic E-state index is 12.4. The molecule has 1 atom stereocenters. The third-order valence-electron chi connectivity index (χ3n) is 4.34. The molecule has 6 heteroatoms. The fourth-order valence-electron chi connectivity index (χ4n) is 2.61. The Kier molecular flexibility index (Phi) is 6.73. The molecule has 0 aliphatic carbocycles. The van der Waals surface area contributed by atoms with Crippen molar-refractivity contribution in [1.29, 1.82) is 0 Å². The number of carbonyl (C=O) groups excluding carboxylic acids is 1.